The summed E-state index contributed by atoms with van der Waals surface area (Å²) in [5, 5.41) is 23.4. The smallest absolute Gasteiger partial charge is 0.416 e. The molecule has 5 heterocycles. The first-order valence-electron chi connectivity index (χ1n) is 27.4. The van der Waals surface area contributed by atoms with E-state index < -0.39 is 71.9 Å². The first kappa shape index (κ1) is 59.9. The van der Waals surface area contributed by atoms with Crippen molar-refractivity contribution < 1.29 is 76.7 Å². The molecular weight excluding hydrogens is 1100 g/mol. The Morgan fingerprint density at radius 3 is 1.95 bits per heavy atom. The highest BCUT2D eigenvalue weighted by atomic mass is 16.6. The summed E-state index contributed by atoms with van der Waals surface area (Å²) in [5.74, 6) is -3.66. The highest BCUT2D eigenvalue weighted by Crippen LogP contribution is 2.43. The molecule has 0 unspecified atom stereocenters. The summed E-state index contributed by atoms with van der Waals surface area (Å²) in [6.45, 7) is 13.4. The van der Waals surface area contributed by atoms with Crippen molar-refractivity contribution in [2.24, 2.45) is 5.92 Å². The Balaban J connectivity index is 0.869. The van der Waals surface area contributed by atoms with Crippen LogP contribution in [-0.4, -0.2) is 151 Å². The van der Waals surface area contributed by atoms with Crippen LogP contribution >= 0.6 is 0 Å². The first-order chi connectivity index (χ1) is 40.6. The molecule has 0 aliphatic carbocycles. The molecule has 0 saturated carbocycles. The number of methoxy groups -OCH3 is 3. The molecule has 8 amide bonds. The number of nitrogens with zero attached hydrogens (tertiary/aromatic N) is 4. The fourth-order valence-electron chi connectivity index (χ4n) is 10.7. The number of benzene rings is 4. The Labute approximate surface area is 489 Å². The number of amides is 8. The van der Waals surface area contributed by atoms with Crippen molar-refractivity contribution in [3.05, 3.63) is 137 Å². The average molecular weight is 1170 g/mol. The van der Waals surface area contributed by atoms with Gasteiger partial charge in [0.15, 0.2) is 29.2 Å². The fraction of sp³-hybridized carbons (Fsp3) is 0.361. The van der Waals surface area contributed by atoms with Gasteiger partial charge in [0.25, 0.3) is 23.6 Å². The molecule has 5 N–H and O–H groups in total. The van der Waals surface area contributed by atoms with Gasteiger partial charge in [0.05, 0.1) is 61.5 Å². The maximum Gasteiger partial charge on any atom is 0.416 e. The zero-order valence-corrected chi connectivity index (χ0v) is 47.8. The number of hydrogen-bond acceptors (Lipinski definition) is 17. The molecule has 24 nitrogen and oxygen atoms in total. The number of hydrogen-bond donors (Lipinski definition) is 5. The summed E-state index contributed by atoms with van der Waals surface area (Å²) in [6.07, 6.45) is 0.256. The molecule has 4 aromatic rings. The Morgan fingerprint density at radius 1 is 0.706 bits per heavy atom. The van der Waals surface area contributed by atoms with Gasteiger partial charge in [0.1, 0.15) is 31.9 Å². The third-order valence-corrected chi connectivity index (χ3v) is 15.1. The topological polar surface area (TPSA) is 290 Å². The summed E-state index contributed by atoms with van der Waals surface area (Å²) in [5.41, 5.74) is 4.66. The fourth-order valence-corrected chi connectivity index (χ4v) is 10.7. The Bertz CT molecular complexity index is 3420. The van der Waals surface area contributed by atoms with Crippen LogP contribution in [0, 0.1) is 5.92 Å². The molecule has 5 atom stereocenters. The second-order valence-electron chi connectivity index (χ2n) is 21.5. The van der Waals surface area contributed by atoms with Gasteiger partial charge in [0, 0.05) is 62.6 Å². The largest absolute Gasteiger partial charge is 0.493 e. The number of imide groups is 1. The number of aliphatic hydroxyl groups is 1. The van der Waals surface area contributed by atoms with Crippen LogP contribution < -0.4 is 45.1 Å². The molecule has 446 valence electrons. The SMILES string of the molecule is C=C1C[C@H]2CNc3cc(OCc4cc(COc5cc6c(cc5OC)C(=O)N5CC(=C)C[C@H]5[C@H](O)N6C(=O)OCc5ccc(NC(=O)[C@H](C)NC(=O)[C@@H](NC(=O)CCN6C(=O)C=CC6=O)C(C)C)cc5)cc(C(=O)OC)c4)c(OC)cc3C(=O)N2C1. The molecule has 0 bridgehead atoms. The van der Waals surface area contributed by atoms with E-state index in [2.05, 4.69) is 34.4 Å². The molecule has 85 heavy (non-hydrogen) atoms. The maximum atomic E-state index is 14.4. The van der Waals surface area contributed by atoms with Crippen molar-refractivity contribution >= 4 is 70.5 Å². The summed E-state index contributed by atoms with van der Waals surface area (Å²) in [7, 11) is 4.11. The molecule has 5 aliphatic rings. The molecule has 2 saturated heterocycles. The number of aliphatic hydroxyl groups excluding tert-OH is 1. The number of nitrogens with one attached hydrogen (secondary N) is 4. The number of fused-ring (bicyclic) bond motifs is 4. The van der Waals surface area contributed by atoms with Crippen molar-refractivity contribution in [2.75, 3.05) is 63.0 Å². The van der Waals surface area contributed by atoms with Gasteiger partial charge in [0.2, 0.25) is 17.7 Å². The van der Waals surface area contributed by atoms with E-state index >= 15 is 0 Å². The summed E-state index contributed by atoms with van der Waals surface area (Å²) < 4.78 is 35.0. The predicted octanol–water partition coefficient (Wildman–Crippen LogP) is 4.99. The number of carbonyl (C=O) groups is 9. The average Bonchev–Trinajstić information content (AvgIpc) is 4.37. The third-order valence-electron chi connectivity index (χ3n) is 15.1. The van der Waals surface area contributed by atoms with Gasteiger partial charge in [-0.3, -0.25) is 38.5 Å². The zero-order chi connectivity index (χ0) is 61.0. The predicted molar refractivity (Wildman–Crippen MR) is 307 cm³/mol. The monoisotopic (exact) mass is 1170 g/mol. The lowest BCUT2D eigenvalue weighted by atomic mass is 10.0. The van der Waals surface area contributed by atoms with Gasteiger partial charge in [-0.05, 0) is 84.8 Å². The lowest BCUT2D eigenvalue weighted by molar-refractivity contribution is -0.137. The normalized spacial score (nSPS) is 18.5. The van der Waals surface area contributed by atoms with Crippen LogP contribution in [-0.2, 0) is 53.3 Å². The molecule has 0 aromatic heterocycles. The van der Waals surface area contributed by atoms with E-state index in [4.69, 9.17) is 28.4 Å². The van der Waals surface area contributed by atoms with Gasteiger partial charge in [-0.25, -0.2) is 14.5 Å². The lowest BCUT2D eigenvalue weighted by Gasteiger charge is -2.31. The standard InChI is InChI=1S/C61H66N8O16/c1-32(2)54(65-51(70)15-16-66-52(71)13-14-53(66)72)56(74)63-35(5)55(73)64-40-11-9-36(10-12-40)29-85-61(79)69-45-25-50(48(81-7)23-43(45)58(76)68-28-34(4)18-46(68)59(69)77)84-31-38-19-37(20-39(21-38)60(78)82-8)30-83-49-24-44-42(22-47(49)80-6)57(75)67-27-33(3)17-41(67)26-62-44/h9-14,19-25,32,35,41,46,54,59,62,77H,3-4,15-18,26-31H2,1-2,5-8H3,(H,63,74)(H,64,73)(H,65,70)/t35-,41-,46-,54-,59-/m0/s1. The summed E-state index contributed by atoms with van der Waals surface area (Å²) >= 11 is 0. The van der Waals surface area contributed by atoms with Crippen LogP contribution in [0.3, 0.4) is 0 Å². The molecule has 5 aliphatic heterocycles. The molecule has 0 radical (unpaired) electrons. The molecule has 24 heteroatoms. The number of anilines is 3. The van der Waals surface area contributed by atoms with Crippen molar-refractivity contribution in [2.45, 2.75) is 90.2 Å². The quantitative estimate of drug-likeness (QED) is 0.0442. The first-order valence-corrected chi connectivity index (χ1v) is 27.4. The van der Waals surface area contributed by atoms with Crippen LogP contribution in [0.5, 0.6) is 23.0 Å². The molecule has 2 fully saturated rings. The Kier molecular flexibility index (Phi) is 17.9. The van der Waals surface area contributed by atoms with Crippen LogP contribution in [0.2, 0.25) is 0 Å². The van der Waals surface area contributed by atoms with Crippen molar-refractivity contribution in [1.82, 2.24) is 25.3 Å². The lowest BCUT2D eigenvalue weighted by Crippen LogP contribution is -2.54. The Hall–Kier alpha value is -9.71. The molecule has 4 aromatic carbocycles. The van der Waals surface area contributed by atoms with Gasteiger partial charge in [-0.1, -0.05) is 50.3 Å². The van der Waals surface area contributed by atoms with E-state index in [0.717, 1.165) is 27.5 Å². The summed E-state index contributed by atoms with van der Waals surface area (Å²) in [4.78, 5) is 124. The van der Waals surface area contributed by atoms with E-state index in [0.29, 0.717) is 70.2 Å². The number of esters is 1. The highest BCUT2D eigenvalue weighted by Gasteiger charge is 2.47. The van der Waals surface area contributed by atoms with E-state index in [-0.39, 0.29) is 91.9 Å². The van der Waals surface area contributed by atoms with Gasteiger partial charge in [-0.2, -0.15) is 0 Å². The second-order valence-corrected chi connectivity index (χ2v) is 21.5. The van der Waals surface area contributed by atoms with E-state index in [9.17, 15) is 48.3 Å². The highest BCUT2D eigenvalue weighted by molar-refractivity contribution is 6.13. The van der Waals surface area contributed by atoms with Crippen molar-refractivity contribution in [1.29, 1.82) is 0 Å². The number of rotatable bonds is 20. The van der Waals surface area contributed by atoms with Crippen molar-refractivity contribution in [3.8, 4) is 23.0 Å². The number of carbonyl (C=O) groups excluding carboxylic acids is 9. The molecule has 9 rings (SSSR count). The van der Waals surface area contributed by atoms with E-state index in [1.807, 2.05) is 0 Å². The minimum atomic E-state index is -1.62. The van der Waals surface area contributed by atoms with E-state index in [1.54, 1.807) is 73.3 Å². The van der Waals surface area contributed by atoms with Crippen LogP contribution in [0.4, 0.5) is 21.9 Å². The van der Waals surface area contributed by atoms with Gasteiger partial charge in [-0.15, -0.1) is 0 Å². The van der Waals surface area contributed by atoms with Crippen LogP contribution in [0.1, 0.15) is 87.8 Å². The minimum Gasteiger partial charge on any atom is -0.493 e. The second kappa shape index (κ2) is 25.4. The van der Waals surface area contributed by atoms with Crippen molar-refractivity contribution in [3.63, 3.8) is 0 Å². The maximum absolute atomic E-state index is 14.4. The number of ether oxygens (including phenoxy) is 6. The Morgan fingerprint density at radius 2 is 1.32 bits per heavy atom. The molecule has 0 spiro atoms. The van der Waals surface area contributed by atoms with Crippen LogP contribution in [0.25, 0.3) is 0 Å². The zero-order valence-electron chi connectivity index (χ0n) is 47.8. The van der Waals surface area contributed by atoms with E-state index in [1.165, 1.54) is 45.3 Å². The summed E-state index contributed by atoms with van der Waals surface area (Å²) in [6, 6.07) is 14.4. The third kappa shape index (κ3) is 13.1. The van der Waals surface area contributed by atoms with Gasteiger partial charge < -0.3 is 64.6 Å². The van der Waals surface area contributed by atoms with Gasteiger partial charge >= 0.3 is 12.1 Å². The van der Waals surface area contributed by atoms with Crippen LogP contribution in [0.15, 0.2) is 103 Å². The minimum absolute atomic E-state index is 0.00179. The molecular formula is C61H66N8O16.